The van der Waals surface area contributed by atoms with Gasteiger partial charge in [-0.15, -0.1) is 0 Å². The fourth-order valence-electron chi connectivity index (χ4n) is 3.53. The molecule has 0 aromatic carbocycles. The van der Waals surface area contributed by atoms with Crippen molar-refractivity contribution in [3.05, 3.63) is 0 Å². The number of carbonyl (C=O) groups excluding carboxylic acids is 2. The summed E-state index contributed by atoms with van der Waals surface area (Å²) in [5.74, 6) is -0.991. The zero-order chi connectivity index (χ0) is 17.7. The Bertz CT molecular complexity index is 450. The van der Waals surface area contributed by atoms with Crippen molar-refractivity contribution in [1.29, 1.82) is 0 Å². The van der Waals surface area contributed by atoms with Crippen molar-refractivity contribution >= 4 is 11.8 Å². The Balaban J connectivity index is 1.95. The van der Waals surface area contributed by atoms with Gasteiger partial charge in [-0.25, -0.2) is 0 Å². The molecular formula is C16H26F3N3O2. The number of alkyl halides is 3. The number of nitrogens with zero attached hydrogens (tertiary/aromatic N) is 2. The van der Waals surface area contributed by atoms with Crippen LogP contribution in [0.2, 0.25) is 0 Å². The number of piperidine rings is 2. The number of hydrogen-bond donors (Lipinski definition) is 1. The second-order valence-electron chi connectivity index (χ2n) is 6.62. The van der Waals surface area contributed by atoms with E-state index in [2.05, 4.69) is 5.32 Å². The standard InChI is InChI=1S/C16H26F3N3O2/c1-2-21(11-16(17,18)19)15(24)13-4-3-9-22(10-13)14(23)12-5-7-20-8-6-12/h12-13,20H,2-11H2,1H3. The minimum atomic E-state index is -4.40. The van der Waals surface area contributed by atoms with Crippen LogP contribution in [-0.2, 0) is 9.59 Å². The third-order valence-corrected chi connectivity index (χ3v) is 4.83. The van der Waals surface area contributed by atoms with Crippen LogP contribution in [0.1, 0.15) is 32.6 Å². The molecule has 0 aromatic rings. The van der Waals surface area contributed by atoms with E-state index in [1.807, 2.05) is 0 Å². The van der Waals surface area contributed by atoms with Crippen LogP contribution in [0.25, 0.3) is 0 Å². The second kappa shape index (κ2) is 8.18. The first-order valence-electron chi connectivity index (χ1n) is 8.67. The van der Waals surface area contributed by atoms with Crippen LogP contribution in [0.4, 0.5) is 13.2 Å². The predicted octanol–water partition coefficient (Wildman–Crippen LogP) is 1.64. The van der Waals surface area contributed by atoms with E-state index in [0.717, 1.165) is 30.8 Å². The number of carbonyl (C=O) groups is 2. The van der Waals surface area contributed by atoms with Crippen LogP contribution in [0.3, 0.4) is 0 Å². The van der Waals surface area contributed by atoms with Crippen LogP contribution in [-0.4, -0.2) is 67.1 Å². The molecule has 1 unspecified atom stereocenters. The Morgan fingerprint density at radius 1 is 1.17 bits per heavy atom. The van der Waals surface area contributed by atoms with Gasteiger partial charge in [0.2, 0.25) is 11.8 Å². The summed E-state index contributed by atoms with van der Waals surface area (Å²) in [7, 11) is 0. The Morgan fingerprint density at radius 3 is 2.42 bits per heavy atom. The third-order valence-electron chi connectivity index (χ3n) is 4.83. The number of likely N-dealkylation sites (tertiary alicyclic amines) is 1. The summed E-state index contributed by atoms with van der Waals surface area (Å²) in [5.41, 5.74) is 0. The van der Waals surface area contributed by atoms with Gasteiger partial charge in [0.15, 0.2) is 0 Å². The topological polar surface area (TPSA) is 52.7 Å². The summed E-state index contributed by atoms with van der Waals surface area (Å²) in [6.45, 7) is 2.81. The van der Waals surface area contributed by atoms with Crippen LogP contribution in [0.15, 0.2) is 0 Å². The fraction of sp³-hybridized carbons (Fsp3) is 0.875. The Labute approximate surface area is 140 Å². The monoisotopic (exact) mass is 349 g/mol. The molecule has 0 aromatic heterocycles. The molecule has 2 aliphatic heterocycles. The molecule has 2 rings (SSSR count). The molecule has 1 atom stereocenters. The van der Waals surface area contributed by atoms with E-state index in [0.29, 0.717) is 19.4 Å². The van der Waals surface area contributed by atoms with Gasteiger partial charge in [-0.1, -0.05) is 0 Å². The van der Waals surface area contributed by atoms with Crippen molar-refractivity contribution in [1.82, 2.24) is 15.1 Å². The minimum Gasteiger partial charge on any atom is -0.342 e. The number of halogens is 3. The number of amides is 2. The predicted molar refractivity (Wildman–Crippen MR) is 83.2 cm³/mol. The molecule has 138 valence electrons. The van der Waals surface area contributed by atoms with Crippen LogP contribution in [0, 0.1) is 11.8 Å². The van der Waals surface area contributed by atoms with Crippen molar-refractivity contribution < 1.29 is 22.8 Å². The zero-order valence-electron chi connectivity index (χ0n) is 14.1. The molecule has 0 aliphatic carbocycles. The molecule has 2 aliphatic rings. The Hall–Kier alpha value is -1.31. The molecule has 24 heavy (non-hydrogen) atoms. The van der Waals surface area contributed by atoms with Gasteiger partial charge in [0.1, 0.15) is 6.54 Å². The Kier molecular flexibility index (Phi) is 6.48. The zero-order valence-corrected chi connectivity index (χ0v) is 14.1. The molecule has 8 heteroatoms. The highest BCUT2D eigenvalue weighted by Gasteiger charge is 2.37. The van der Waals surface area contributed by atoms with Gasteiger partial charge in [-0.2, -0.15) is 13.2 Å². The highest BCUT2D eigenvalue weighted by Crippen LogP contribution is 2.25. The van der Waals surface area contributed by atoms with Crippen molar-refractivity contribution in [3.63, 3.8) is 0 Å². The van der Waals surface area contributed by atoms with Crippen molar-refractivity contribution in [2.45, 2.75) is 38.8 Å². The lowest BCUT2D eigenvalue weighted by Crippen LogP contribution is -2.50. The normalized spacial score (nSPS) is 23.2. The molecule has 2 fully saturated rings. The lowest BCUT2D eigenvalue weighted by Gasteiger charge is -2.37. The lowest BCUT2D eigenvalue weighted by molar-refractivity contribution is -0.165. The summed E-state index contributed by atoms with van der Waals surface area (Å²) in [4.78, 5) is 27.5. The van der Waals surface area contributed by atoms with Crippen LogP contribution in [0.5, 0.6) is 0 Å². The van der Waals surface area contributed by atoms with Crippen LogP contribution < -0.4 is 5.32 Å². The van der Waals surface area contributed by atoms with E-state index in [9.17, 15) is 22.8 Å². The van der Waals surface area contributed by atoms with Gasteiger partial charge < -0.3 is 15.1 Å². The molecule has 5 nitrogen and oxygen atoms in total. The van der Waals surface area contributed by atoms with Crippen molar-refractivity contribution in [2.24, 2.45) is 11.8 Å². The van der Waals surface area contributed by atoms with Crippen LogP contribution >= 0.6 is 0 Å². The SMILES string of the molecule is CCN(CC(F)(F)F)C(=O)C1CCCN(C(=O)C2CCNCC2)C1. The average Bonchev–Trinajstić information content (AvgIpc) is 2.58. The number of rotatable bonds is 4. The van der Waals surface area contributed by atoms with E-state index in [1.165, 1.54) is 0 Å². The van der Waals surface area contributed by atoms with E-state index in [4.69, 9.17) is 0 Å². The maximum Gasteiger partial charge on any atom is 0.406 e. The fourth-order valence-corrected chi connectivity index (χ4v) is 3.53. The summed E-state index contributed by atoms with van der Waals surface area (Å²) < 4.78 is 37.8. The molecule has 2 heterocycles. The first-order chi connectivity index (χ1) is 11.3. The van der Waals surface area contributed by atoms with E-state index < -0.39 is 24.5 Å². The molecule has 0 bridgehead atoms. The average molecular weight is 349 g/mol. The number of nitrogens with one attached hydrogen (secondary N) is 1. The van der Waals surface area contributed by atoms with Crippen molar-refractivity contribution in [2.75, 3.05) is 39.3 Å². The second-order valence-corrected chi connectivity index (χ2v) is 6.62. The smallest absolute Gasteiger partial charge is 0.342 e. The van der Waals surface area contributed by atoms with E-state index >= 15 is 0 Å². The van der Waals surface area contributed by atoms with Crippen molar-refractivity contribution in [3.8, 4) is 0 Å². The summed E-state index contributed by atoms with van der Waals surface area (Å²) in [6.07, 6.45) is -1.63. The first-order valence-corrected chi connectivity index (χ1v) is 8.67. The maximum absolute atomic E-state index is 12.6. The van der Waals surface area contributed by atoms with Gasteiger partial charge >= 0.3 is 6.18 Å². The summed E-state index contributed by atoms with van der Waals surface area (Å²) in [6, 6.07) is 0. The van der Waals surface area contributed by atoms with E-state index in [-0.39, 0.29) is 24.9 Å². The molecule has 2 amide bonds. The lowest BCUT2D eigenvalue weighted by atomic mass is 9.92. The molecule has 0 spiro atoms. The highest BCUT2D eigenvalue weighted by molar-refractivity contribution is 5.82. The maximum atomic E-state index is 12.6. The molecule has 1 N–H and O–H groups in total. The number of hydrogen-bond acceptors (Lipinski definition) is 3. The molecule has 0 radical (unpaired) electrons. The van der Waals surface area contributed by atoms with Gasteiger partial charge in [-0.3, -0.25) is 9.59 Å². The summed E-state index contributed by atoms with van der Waals surface area (Å²) >= 11 is 0. The van der Waals surface area contributed by atoms with Gasteiger partial charge in [-0.05, 0) is 45.7 Å². The highest BCUT2D eigenvalue weighted by atomic mass is 19.4. The molecule has 0 saturated carbocycles. The largest absolute Gasteiger partial charge is 0.406 e. The van der Waals surface area contributed by atoms with E-state index in [1.54, 1.807) is 11.8 Å². The quantitative estimate of drug-likeness (QED) is 0.839. The first kappa shape index (κ1) is 19.0. The van der Waals surface area contributed by atoms with Gasteiger partial charge in [0.05, 0.1) is 5.92 Å². The molecule has 2 saturated heterocycles. The third kappa shape index (κ3) is 5.09. The minimum absolute atomic E-state index is 0.0249. The summed E-state index contributed by atoms with van der Waals surface area (Å²) in [5, 5.41) is 3.21. The van der Waals surface area contributed by atoms with Gasteiger partial charge in [0.25, 0.3) is 0 Å². The van der Waals surface area contributed by atoms with Gasteiger partial charge in [0, 0.05) is 25.6 Å². The Morgan fingerprint density at radius 2 is 1.83 bits per heavy atom. The molecular weight excluding hydrogens is 323 g/mol.